The van der Waals surface area contributed by atoms with Gasteiger partial charge in [0.25, 0.3) is 10.0 Å². The summed E-state index contributed by atoms with van der Waals surface area (Å²) in [6.07, 6.45) is 0. The molecule has 0 aliphatic heterocycles. The molecule has 0 saturated carbocycles. The van der Waals surface area contributed by atoms with Gasteiger partial charge in [-0.25, -0.2) is 16.8 Å². The van der Waals surface area contributed by atoms with E-state index >= 15 is 0 Å². The Balaban J connectivity index is 1.87. The van der Waals surface area contributed by atoms with Crippen LogP contribution in [-0.4, -0.2) is 38.7 Å². The number of sulfone groups is 1. The van der Waals surface area contributed by atoms with Crippen molar-refractivity contribution < 1.29 is 21.6 Å². The normalized spacial score (nSPS) is 13.3. The van der Waals surface area contributed by atoms with Crippen LogP contribution in [0.1, 0.15) is 25.7 Å². The summed E-state index contributed by atoms with van der Waals surface area (Å²) in [5, 5.41) is 9.19. The number of hydrogen-bond donors (Lipinski definition) is 1. The molecule has 1 aromatic carbocycles. The number of sulfonamides is 1. The van der Waals surface area contributed by atoms with Crippen molar-refractivity contribution in [3.8, 4) is 6.01 Å². The van der Waals surface area contributed by atoms with Crippen molar-refractivity contribution in [1.29, 1.82) is 0 Å². The van der Waals surface area contributed by atoms with Crippen LogP contribution >= 0.6 is 11.3 Å². The Kier molecular flexibility index (Phi) is 6.08. The van der Waals surface area contributed by atoms with Crippen LogP contribution in [0.3, 0.4) is 0 Å². The van der Waals surface area contributed by atoms with Gasteiger partial charge in [0.2, 0.25) is 9.84 Å². The number of ether oxygens (including phenoxy) is 1. The van der Waals surface area contributed by atoms with Gasteiger partial charge < -0.3 is 4.74 Å². The zero-order chi connectivity index (χ0) is 21.2. The zero-order valence-corrected chi connectivity index (χ0v) is 18.4. The van der Waals surface area contributed by atoms with Gasteiger partial charge in [-0.3, -0.25) is 4.57 Å². The molecule has 2 aromatic heterocycles. The quantitative estimate of drug-likeness (QED) is 0.552. The van der Waals surface area contributed by atoms with Crippen molar-refractivity contribution in [3.05, 3.63) is 47.6 Å². The fourth-order valence-electron chi connectivity index (χ4n) is 2.73. The van der Waals surface area contributed by atoms with E-state index in [4.69, 9.17) is 4.74 Å². The first-order valence-corrected chi connectivity index (χ1v) is 12.4. The van der Waals surface area contributed by atoms with Crippen LogP contribution in [-0.2, 0) is 26.4 Å². The molecular weight excluding hydrogens is 436 g/mol. The molecule has 0 saturated heterocycles. The number of aromatic nitrogens is 3. The molecule has 1 atom stereocenters. The lowest BCUT2D eigenvalue weighted by Gasteiger charge is -2.14. The highest BCUT2D eigenvalue weighted by atomic mass is 32.2. The first-order valence-electron chi connectivity index (χ1n) is 8.58. The third-order valence-electron chi connectivity index (χ3n) is 4.14. The minimum Gasteiger partial charge on any atom is -0.467 e. The molecule has 0 unspecified atom stereocenters. The van der Waals surface area contributed by atoms with Crippen LogP contribution in [0.4, 0.5) is 0 Å². The zero-order valence-electron chi connectivity index (χ0n) is 15.9. The highest BCUT2D eigenvalue weighted by molar-refractivity contribution is 7.93. The van der Waals surface area contributed by atoms with Crippen LogP contribution in [0.2, 0.25) is 0 Å². The molecule has 0 amide bonds. The van der Waals surface area contributed by atoms with Crippen molar-refractivity contribution in [2.24, 2.45) is 0 Å². The van der Waals surface area contributed by atoms with Crippen LogP contribution in [0.5, 0.6) is 6.01 Å². The van der Waals surface area contributed by atoms with Crippen molar-refractivity contribution >= 4 is 31.2 Å². The molecule has 2 heterocycles. The summed E-state index contributed by atoms with van der Waals surface area (Å²) in [5.41, 5.74) is 0. The second-order valence-corrected chi connectivity index (χ2v) is 10.9. The largest absolute Gasteiger partial charge is 0.467 e. The van der Waals surface area contributed by atoms with Crippen molar-refractivity contribution in [1.82, 2.24) is 19.5 Å². The maximum absolute atomic E-state index is 12.8. The molecule has 9 nitrogen and oxygen atoms in total. The lowest BCUT2D eigenvalue weighted by molar-refractivity contribution is 0.354. The molecule has 0 bridgehead atoms. The number of rotatable bonds is 8. The minimum atomic E-state index is -3.97. The van der Waals surface area contributed by atoms with Gasteiger partial charge in [-0.1, -0.05) is 23.3 Å². The van der Waals surface area contributed by atoms with E-state index in [1.54, 1.807) is 29.7 Å². The molecule has 0 spiro atoms. The molecule has 12 heteroatoms. The molecule has 1 N–H and O–H groups in total. The van der Waals surface area contributed by atoms with Gasteiger partial charge in [-0.15, -0.1) is 16.4 Å². The number of nitrogens with one attached hydrogen (secondary N) is 1. The first kappa shape index (κ1) is 21.4. The Bertz CT molecular complexity index is 1200. The maximum Gasteiger partial charge on any atom is 0.316 e. The van der Waals surface area contributed by atoms with Gasteiger partial charge in [-0.05, 0) is 32.0 Å². The third kappa shape index (κ3) is 4.20. The van der Waals surface area contributed by atoms with Crippen LogP contribution in [0.15, 0.2) is 55.8 Å². The summed E-state index contributed by atoms with van der Waals surface area (Å²) >= 11 is 0.838. The van der Waals surface area contributed by atoms with Gasteiger partial charge in [0.15, 0.2) is 5.82 Å². The molecular formula is C17H20N4O5S3. The molecule has 0 radical (unpaired) electrons. The Morgan fingerprint density at radius 1 is 1.14 bits per heavy atom. The number of benzene rings is 1. The monoisotopic (exact) mass is 456 g/mol. The second kappa shape index (κ2) is 8.22. The SMILES string of the molecule is CCn1c(OC)nnc1[C@@H](C)NS(=O)(=O)c1cc(S(=O)(=O)c2ccccc2)cs1. The Morgan fingerprint density at radius 3 is 2.45 bits per heavy atom. The molecule has 0 aliphatic carbocycles. The smallest absolute Gasteiger partial charge is 0.316 e. The van der Waals surface area contributed by atoms with E-state index in [0.717, 1.165) is 17.4 Å². The predicted octanol–water partition coefficient (Wildman–Crippen LogP) is 2.24. The Hall–Kier alpha value is -2.28. The van der Waals surface area contributed by atoms with Crippen molar-refractivity contribution in [3.63, 3.8) is 0 Å². The second-order valence-electron chi connectivity index (χ2n) is 6.05. The van der Waals surface area contributed by atoms with Crippen molar-refractivity contribution in [2.75, 3.05) is 7.11 Å². The summed E-state index contributed by atoms with van der Waals surface area (Å²) < 4.78 is 60.1. The lowest BCUT2D eigenvalue weighted by Crippen LogP contribution is -2.28. The van der Waals surface area contributed by atoms with Gasteiger partial charge in [-0.2, -0.15) is 4.72 Å². The summed E-state index contributed by atoms with van der Waals surface area (Å²) in [6.45, 7) is 3.98. The molecule has 156 valence electrons. The summed E-state index contributed by atoms with van der Waals surface area (Å²) in [7, 11) is -6.31. The highest BCUT2D eigenvalue weighted by Gasteiger charge is 2.27. The summed E-state index contributed by atoms with van der Waals surface area (Å²) in [6, 6.07) is 8.59. The summed E-state index contributed by atoms with van der Waals surface area (Å²) in [4.78, 5) is 0.0336. The van der Waals surface area contributed by atoms with E-state index in [9.17, 15) is 16.8 Å². The predicted molar refractivity (Wildman–Crippen MR) is 107 cm³/mol. The van der Waals surface area contributed by atoms with Crippen molar-refractivity contribution in [2.45, 2.75) is 40.4 Å². The van der Waals surface area contributed by atoms with E-state index in [-0.39, 0.29) is 20.0 Å². The molecule has 3 rings (SSSR count). The average Bonchev–Trinajstić information content (AvgIpc) is 3.36. The molecule has 3 aromatic rings. The maximum atomic E-state index is 12.8. The first-order chi connectivity index (χ1) is 13.7. The lowest BCUT2D eigenvalue weighted by atomic mass is 10.3. The Morgan fingerprint density at radius 2 is 1.83 bits per heavy atom. The highest BCUT2D eigenvalue weighted by Crippen LogP contribution is 2.29. The number of hydrogen-bond acceptors (Lipinski definition) is 8. The van der Waals surface area contributed by atoms with E-state index in [1.165, 1.54) is 24.6 Å². The van der Waals surface area contributed by atoms with Gasteiger partial charge in [0.1, 0.15) is 4.21 Å². The third-order valence-corrected chi connectivity index (χ3v) is 9.02. The van der Waals surface area contributed by atoms with Crippen LogP contribution < -0.4 is 9.46 Å². The fraction of sp³-hybridized carbons (Fsp3) is 0.294. The van der Waals surface area contributed by atoms with Gasteiger partial charge in [0, 0.05) is 11.9 Å². The topological polar surface area (TPSA) is 120 Å². The molecule has 29 heavy (non-hydrogen) atoms. The summed E-state index contributed by atoms with van der Waals surface area (Å²) in [5.74, 6) is 0.390. The number of thiophene rings is 1. The standard InChI is InChI=1S/C17H20N4O5S3/c1-4-21-16(18-19-17(21)26-3)12(2)20-29(24,25)15-10-14(11-27-15)28(22,23)13-8-6-5-7-9-13/h5-12,20H,4H2,1-3H3/t12-/m1/s1. The number of nitrogens with zero attached hydrogens (tertiary/aromatic N) is 3. The number of methoxy groups -OCH3 is 1. The fourth-order valence-corrected chi connectivity index (χ4v) is 6.85. The Labute approximate surface area is 173 Å². The van der Waals surface area contributed by atoms with E-state index in [0.29, 0.717) is 12.4 Å². The van der Waals surface area contributed by atoms with E-state index < -0.39 is 25.9 Å². The molecule has 0 fully saturated rings. The van der Waals surface area contributed by atoms with Gasteiger partial charge in [0.05, 0.1) is 22.9 Å². The average molecular weight is 457 g/mol. The van der Waals surface area contributed by atoms with Gasteiger partial charge >= 0.3 is 6.01 Å². The van der Waals surface area contributed by atoms with E-state index in [2.05, 4.69) is 14.9 Å². The van der Waals surface area contributed by atoms with E-state index in [1.807, 2.05) is 6.92 Å². The van der Waals surface area contributed by atoms with Crippen LogP contribution in [0, 0.1) is 0 Å². The molecule has 0 aliphatic rings. The van der Waals surface area contributed by atoms with Crippen LogP contribution in [0.25, 0.3) is 0 Å². The minimum absolute atomic E-state index is 0.0693.